The van der Waals surface area contributed by atoms with E-state index >= 15 is 0 Å². The average molecular weight is 408 g/mol. The third kappa shape index (κ3) is 5.71. The van der Waals surface area contributed by atoms with Crippen LogP contribution in [0.4, 0.5) is 0 Å². The molecule has 0 saturated carbocycles. The number of benzene rings is 2. The average Bonchev–Trinajstić information content (AvgIpc) is 2.92. The molecule has 5 nitrogen and oxygen atoms in total. The predicted molar refractivity (Wildman–Crippen MR) is 107 cm³/mol. The maximum Gasteiger partial charge on any atom is 0.230 e. The highest BCUT2D eigenvalue weighted by Crippen LogP contribution is 2.37. The Morgan fingerprint density at radius 1 is 1.22 bits per heavy atom. The first-order chi connectivity index (χ1) is 13.2. The number of hydrogen-bond donors (Lipinski definition) is 1. The number of carbonyl (C=O) groups excluding carboxylic acids is 1. The molecule has 1 aliphatic rings. The van der Waals surface area contributed by atoms with Crippen molar-refractivity contribution in [2.75, 3.05) is 25.6 Å². The Balaban J connectivity index is 1.50. The van der Waals surface area contributed by atoms with Crippen LogP contribution in [-0.2, 0) is 11.3 Å². The van der Waals surface area contributed by atoms with E-state index in [4.69, 9.17) is 25.8 Å². The Morgan fingerprint density at radius 3 is 2.78 bits per heavy atom. The van der Waals surface area contributed by atoms with Crippen LogP contribution in [0.15, 0.2) is 41.3 Å². The summed E-state index contributed by atoms with van der Waals surface area (Å²) in [5.74, 6) is 2.34. The Morgan fingerprint density at radius 2 is 2.00 bits per heavy atom. The van der Waals surface area contributed by atoms with Gasteiger partial charge < -0.3 is 19.5 Å². The fraction of sp³-hybridized carbons (Fsp3) is 0.350. The lowest BCUT2D eigenvalue weighted by Crippen LogP contribution is -2.24. The van der Waals surface area contributed by atoms with E-state index in [0.717, 1.165) is 22.6 Å². The summed E-state index contributed by atoms with van der Waals surface area (Å²) in [5.41, 5.74) is 0.878. The highest BCUT2D eigenvalue weighted by molar-refractivity contribution is 8.00. The molecule has 27 heavy (non-hydrogen) atoms. The number of hydrogen-bond acceptors (Lipinski definition) is 5. The van der Waals surface area contributed by atoms with Crippen LogP contribution in [0.1, 0.15) is 18.9 Å². The highest BCUT2D eigenvalue weighted by atomic mass is 35.5. The molecule has 144 valence electrons. The molecule has 0 aliphatic carbocycles. The number of nitrogens with one attached hydrogen (secondary N) is 1. The fourth-order valence-corrected chi connectivity index (χ4v) is 3.60. The van der Waals surface area contributed by atoms with Crippen molar-refractivity contribution >= 4 is 29.3 Å². The van der Waals surface area contributed by atoms with Gasteiger partial charge in [0.2, 0.25) is 5.91 Å². The molecule has 0 saturated heterocycles. The second kappa shape index (κ2) is 9.76. The Bertz CT molecular complexity index is 782. The van der Waals surface area contributed by atoms with Crippen LogP contribution in [-0.4, -0.2) is 31.5 Å². The molecular weight excluding hydrogens is 386 g/mol. The molecule has 0 aromatic heterocycles. The normalized spacial score (nSPS) is 13.0. The summed E-state index contributed by atoms with van der Waals surface area (Å²) < 4.78 is 16.7. The molecule has 0 spiro atoms. The molecule has 2 aromatic carbocycles. The van der Waals surface area contributed by atoms with E-state index in [1.54, 1.807) is 6.07 Å². The molecule has 0 fully saturated rings. The maximum atomic E-state index is 12.1. The van der Waals surface area contributed by atoms with Crippen molar-refractivity contribution in [3.63, 3.8) is 0 Å². The standard InChI is InChI=1S/C20H22ClNO4S/c1-2-24-15-4-6-16(7-5-15)27-13-19(23)22-12-14-10-17(21)20-18(11-14)25-8-3-9-26-20/h4-7,10-11H,2-3,8-9,12-13H2,1H3,(H,22,23). The predicted octanol–water partition coefficient (Wildman–Crippen LogP) is 4.31. The summed E-state index contributed by atoms with van der Waals surface area (Å²) >= 11 is 7.76. The van der Waals surface area contributed by atoms with Gasteiger partial charge in [0.15, 0.2) is 11.5 Å². The second-order valence-electron chi connectivity index (χ2n) is 5.93. The zero-order valence-corrected chi connectivity index (χ0v) is 16.7. The van der Waals surface area contributed by atoms with Crippen molar-refractivity contribution in [3.8, 4) is 17.2 Å². The van der Waals surface area contributed by atoms with Crippen molar-refractivity contribution in [2.24, 2.45) is 0 Å². The van der Waals surface area contributed by atoms with Crippen LogP contribution in [0.3, 0.4) is 0 Å². The topological polar surface area (TPSA) is 56.8 Å². The Kier molecular flexibility index (Phi) is 7.12. The van der Waals surface area contributed by atoms with Gasteiger partial charge in [0.25, 0.3) is 0 Å². The largest absolute Gasteiger partial charge is 0.494 e. The van der Waals surface area contributed by atoms with E-state index in [0.29, 0.717) is 48.6 Å². The Hall–Kier alpha value is -2.05. The van der Waals surface area contributed by atoms with E-state index in [9.17, 15) is 4.79 Å². The highest BCUT2D eigenvalue weighted by Gasteiger charge is 2.16. The second-order valence-corrected chi connectivity index (χ2v) is 7.38. The number of fused-ring (bicyclic) bond motifs is 1. The van der Waals surface area contributed by atoms with Gasteiger partial charge in [-0.1, -0.05) is 11.6 Å². The van der Waals surface area contributed by atoms with Crippen LogP contribution in [0.5, 0.6) is 17.2 Å². The number of ether oxygens (including phenoxy) is 3. The Labute approximate surface area is 168 Å². The zero-order chi connectivity index (χ0) is 19.1. The molecule has 7 heteroatoms. The van der Waals surface area contributed by atoms with Gasteiger partial charge in [0, 0.05) is 17.9 Å². The minimum atomic E-state index is -0.0443. The first-order valence-electron chi connectivity index (χ1n) is 8.86. The van der Waals surface area contributed by atoms with Gasteiger partial charge in [-0.2, -0.15) is 0 Å². The summed E-state index contributed by atoms with van der Waals surface area (Å²) in [6, 6.07) is 11.4. The van der Waals surface area contributed by atoms with Crippen molar-refractivity contribution in [2.45, 2.75) is 24.8 Å². The van der Waals surface area contributed by atoms with Crippen molar-refractivity contribution in [3.05, 3.63) is 47.0 Å². The third-order valence-corrected chi connectivity index (χ3v) is 5.15. The van der Waals surface area contributed by atoms with Crippen LogP contribution >= 0.6 is 23.4 Å². The van der Waals surface area contributed by atoms with Gasteiger partial charge >= 0.3 is 0 Å². The van der Waals surface area contributed by atoms with E-state index in [2.05, 4.69) is 5.32 Å². The summed E-state index contributed by atoms with van der Waals surface area (Å²) in [6.45, 7) is 4.16. The molecule has 1 heterocycles. The van der Waals surface area contributed by atoms with E-state index in [1.807, 2.05) is 37.3 Å². The lowest BCUT2D eigenvalue weighted by Gasteiger charge is -2.12. The molecule has 1 amide bonds. The van der Waals surface area contributed by atoms with E-state index in [1.165, 1.54) is 11.8 Å². The number of rotatable bonds is 7. The third-order valence-electron chi connectivity index (χ3n) is 3.86. The minimum absolute atomic E-state index is 0.0443. The fourth-order valence-electron chi connectivity index (χ4n) is 2.59. The minimum Gasteiger partial charge on any atom is -0.494 e. The van der Waals surface area contributed by atoms with Gasteiger partial charge in [-0.3, -0.25) is 4.79 Å². The summed E-state index contributed by atoms with van der Waals surface area (Å²) in [4.78, 5) is 13.2. The number of carbonyl (C=O) groups is 1. The van der Waals surface area contributed by atoms with Gasteiger partial charge in [0.05, 0.1) is 30.6 Å². The van der Waals surface area contributed by atoms with Crippen LogP contribution in [0.25, 0.3) is 0 Å². The molecule has 0 bridgehead atoms. The lowest BCUT2D eigenvalue weighted by molar-refractivity contribution is -0.118. The molecule has 1 N–H and O–H groups in total. The first kappa shape index (κ1) is 19.7. The number of halogens is 1. The monoisotopic (exact) mass is 407 g/mol. The van der Waals surface area contributed by atoms with Crippen molar-refractivity contribution in [1.82, 2.24) is 5.32 Å². The first-order valence-corrected chi connectivity index (χ1v) is 10.2. The molecule has 1 aliphatic heterocycles. The SMILES string of the molecule is CCOc1ccc(SCC(=O)NCc2cc(Cl)c3c(c2)OCCCO3)cc1. The van der Waals surface area contributed by atoms with Gasteiger partial charge in [-0.15, -0.1) is 11.8 Å². The number of thioether (sulfide) groups is 1. The van der Waals surface area contributed by atoms with Crippen LogP contribution in [0, 0.1) is 0 Å². The quantitative estimate of drug-likeness (QED) is 0.693. The van der Waals surface area contributed by atoms with Gasteiger partial charge in [-0.05, 0) is 48.9 Å². The van der Waals surface area contributed by atoms with Gasteiger partial charge in [-0.25, -0.2) is 0 Å². The molecular formula is C20H22ClNO4S. The molecule has 3 rings (SSSR count). The molecule has 0 unspecified atom stereocenters. The van der Waals surface area contributed by atoms with Gasteiger partial charge in [0.1, 0.15) is 5.75 Å². The van der Waals surface area contributed by atoms with E-state index in [-0.39, 0.29) is 5.91 Å². The molecule has 0 radical (unpaired) electrons. The number of amides is 1. The molecule has 0 atom stereocenters. The summed E-state index contributed by atoms with van der Waals surface area (Å²) in [7, 11) is 0. The van der Waals surface area contributed by atoms with E-state index < -0.39 is 0 Å². The summed E-state index contributed by atoms with van der Waals surface area (Å²) in [5, 5.41) is 3.41. The lowest BCUT2D eigenvalue weighted by atomic mass is 10.2. The maximum absolute atomic E-state index is 12.1. The van der Waals surface area contributed by atoms with Crippen molar-refractivity contribution in [1.29, 1.82) is 0 Å². The summed E-state index contributed by atoms with van der Waals surface area (Å²) in [6.07, 6.45) is 0.819. The van der Waals surface area contributed by atoms with Crippen LogP contribution in [0.2, 0.25) is 5.02 Å². The molecule has 2 aromatic rings. The van der Waals surface area contributed by atoms with Crippen molar-refractivity contribution < 1.29 is 19.0 Å². The zero-order valence-electron chi connectivity index (χ0n) is 15.1. The van der Waals surface area contributed by atoms with Crippen LogP contribution < -0.4 is 19.5 Å². The smallest absolute Gasteiger partial charge is 0.230 e.